The zero-order valence-electron chi connectivity index (χ0n) is 47.8. The highest BCUT2D eigenvalue weighted by atomic mass is 32.2. The highest BCUT2D eigenvalue weighted by Gasteiger charge is 2.30. The average Bonchev–Trinajstić information content (AvgIpc) is 3.70. The van der Waals surface area contributed by atoms with Crippen LogP contribution in [0.2, 0.25) is 0 Å². The van der Waals surface area contributed by atoms with E-state index in [4.69, 9.17) is 24.7 Å². The first-order valence-corrected chi connectivity index (χ1v) is 14.2. The minimum atomic E-state index is -4.94. The molecule has 1 aromatic heterocycles. The van der Waals surface area contributed by atoms with Gasteiger partial charge in [0.2, 0.25) is 5.91 Å². The molecule has 0 N–H and O–H groups in total. The van der Waals surface area contributed by atoms with Gasteiger partial charge in [-0.25, -0.2) is 4.39 Å². The van der Waals surface area contributed by atoms with Crippen LogP contribution >= 0.6 is 11.8 Å². The molecule has 0 saturated heterocycles. The Balaban J connectivity index is 1.84. The van der Waals surface area contributed by atoms with E-state index >= 15 is 4.79 Å². The Morgan fingerprint density at radius 1 is 0.979 bits per heavy atom. The summed E-state index contributed by atoms with van der Waals surface area (Å²) in [5.41, 5.74) is -8.55. The van der Waals surface area contributed by atoms with Gasteiger partial charge in [-0.05, 0) is 78.7 Å². The second-order valence-electron chi connectivity index (χ2n) is 9.51. The van der Waals surface area contributed by atoms with Crippen molar-refractivity contribution in [1.29, 1.82) is 0 Å². The number of rotatable bonds is 13. The molecule has 1 amide bonds. The van der Waals surface area contributed by atoms with Crippen LogP contribution in [0.25, 0.3) is 11.1 Å². The van der Waals surface area contributed by atoms with Gasteiger partial charge in [0.1, 0.15) is 12.3 Å². The molecule has 5 rings (SSSR count). The summed E-state index contributed by atoms with van der Waals surface area (Å²) in [5, 5.41) is -1.22. The molecule has 0 unspecified atom stereocenters. The summed E-state index contributed by atoms with van der Waals surface area (Å²) in [6, 6.07) is 1.59. The number of hydrogen-bond acceptors (Lipinski definition) is 5. The molecular weight excluding hydrogens is 628 g/mol. The maximum atomic E-state index is 15.3. The van der Waals surface area contributed by atoms with E-state index in [-0.39, 0.29) is 52.3 Å². The number of thioether (sulfide) groups is 1. The number of alkyl halides is 3. The predicted molar refractivity (Wildman–Crippen MR) is 177 cm³/mol. The third kappa shape index (κ3) is 8.70. The molecule has 0 atom stereocenters. The van der Waals surface area contributed by atoms with Gasteiger partial charge < -0.3 is 14.4 Å². The van der Waals surface area contributed by atoms with E-state index < -0.39 is 143 Å². The molecule has 1 aliphatic rings. The molecule has 6 nitrogen and oxygen atoms in total. The third-order valence-electron chi connectivity index (χ3n) is 6.52. The van der Waals surface area contributed by atoms with Gasteiger partial charge in [0.05, 0.1) is 19.3 Å². The summed E-state index contributed by atoms with van der Waals surface area (Å²) in [5.74, 6) is -4.31. The normalized spacial score (nSPS) is 23.0. The second kappa shape index (κ2) is 15.3. The first kappa shape index (κ1) is 15.1. The van der Waals surface area contributed by atoms with Crippen LogP contribution in [-0.4, -0.2) is 51.2 Å². The van der Waals surface area contributed by atoms with Crippen molar-refractivity contribution in [3.05, 3.63) is 117 Å². The molecule has 3 aromatic carbocycles. The lowest BCUT2D eigenvalue weighted by Crippen LogP contribution is -2.40. The molecule has 1 heterocycles. The van der Waals surface area contributed by atoms with E-state index in [0.29, 0.717) is 12.1 Å². The van der Waals surface area contributed by atoms with E-state index in [1.54, 1.807) is 0 Å². The van der Waals surface area contributed by atoms with Crippen LogP contribution in [0.15, 0.2) is 82.7 Å². The molecule has 0 bridgehead atoms. The zero-order chi connectivity index (χ0) is 54.6. The fourth-order valence-electron chi connectivity index (χ4n) is 4.33. The van der Waals surface area contributed by atoms with Gasteiger partial charge in [-0.1, -0.05) is 73.9 Å². The Labute approximate surface area is 310 Å². The maximum Gasteiger partial charge on any atom is 0.416 e. The molecule has 248 valence electrons. The lowest BCUT2D eigenvalue weighted by atomic mass is 10.0. The van der Waals surface area contributed by atoms with Gasteiger partial charge >= 0.3 is 6.18 Å². The lowest BCUT2D eigenvalue weighted by Gasteiger charge is -2.28. The zero-order valence-corrected chi connectivity index (χ0v) is 24.6. The van der Waals surface area contributed by atoms with E-state index in [2.05, 4.69) is 4.98 Å². The molecule has 0 spiro atoms. The van der Waals surface area contributed by atoms with Gasteiger partial charge in [0, 0.05) is 55.6 Å². The van der Waals surface area contributed by atoms with Crippen molar-refractivity contribution in [3.63, 3.8) is 0 Å². The monoisotopic (exact) mass is 690 g/mol. The highest BCUT2D eigenvalue weighted by Crippen LogP contribution is 2.31. The molecule has 0 fully saturated rings. The fourth-order valence-corrected chi connectivity index (χ4v) is 5.00. The van der Waals surface area contributed by atoms with E-state index in [0.717, 1.165) is 36.4 Å². The molecule has 0 saturated carbocycles. The summed E-state index contributed by atoms with van der Waals surface area (Å²) in [4.78, 5) is 30.3. The van der Waals surface area contributed by atoms with Crippen molar-refractivity contribution in [2.24, 2.45) is 0 Å². The Bertz CT molecular complexity index is 2730. The van der Waals surface area contributed by atoms with E-state index in [1.807, 2.05) is 0 Å². The first-order chi connectivity index (χ1) is 31.8. The molecule has 11 heteroatoms. The van der Waals surface area contributed by atoms with Crippen molar-refractivity contribution < 1.29 is 55.3 Å². The predicted octanol–water partition coefficient (Wildman–Crippen LogP) is 7.22. The number of carbonyl (C=O) groups excluding carboxylic acids is 1. The third-order valence-corrected chi connectivity index (χ3v) is 7.29. The number of nitrogens with zero attached hydrogens (tertiary/aromatic N) is 4. The number of halogens is 4. The highest BCUT2D eigenvalue weighted by molar-refractivity contribution is 7.98. The summed E-state index contributed by atoms with van der Waals surface area (Å²) >= 11 is -0.362. The Hall–Kier alpha value is -3.96. The van der Waals surface area contributed by atoms with Crippen molar-refractivity contribution in [2.45, 2.75) is 63.0 Å². The molecule has 1 aliphatic carbocycles. The number of amides is 1. The topological polar surface area (TPSA) is 58.4 Å². The van der Waals surface area contributed by atoms with Gasteiger partial charge in [0.25, 0.3) is 5.56 Å². The van der Waals surface area contributed by atoms with E-state index in [9.17, 15) is 30.6 Å². The number of carbonyl (C=O) groups is 1. The largest absolute Gasteiger partial charge is 0.416 e. The number of aromatic nitrogens is 2. The van der Waals surface area contributed by atoms with Gasteiger partial charge in [-0.3, -0.25) is 9.59 Å². The SMILES string of the molecule is [2H]c1c([2H])c(C([2H])([2H])Sc2nc(=O)c3c(n2C([2H])([2H])C(=O)N(C([2H])([2H])c2ccc(-c4ccc(C(F)(F)F)cc4)cc2)C([2H])([2H])C([2H])([2H])N(C([2H])([2H])C([2H])([2H])[2H])C([2H])([2H])C([2H])([2H])[2H])CCC3)c([2H])c([2H])c1F. The van der Waals surface area contributed by atoms with E-state index in [1.165, 1.54) is 0 Å². The summed E-state index contributed by atoms with van der Waals surface area (Å²) in [7, 11) is 0. The minimum Gasteiger partial charge on any atom is -0.336 e. The maximum absolute atomic E-state index is 15.3. The van der Waals surface area contributed by atoms with Gasteiger partial charge in [-0.15, -0.1) is 0 Å². The molecular formula is C36H38F4N4O2S. The van der Waals surface area contributed by atoms with Crippen molar-refractivity contribution >= 4 is 17.7 Å². The smallest absolute Gasteiger partial charge is 0.336 e. The number of benzene rings is 3. The summed E-state index contributed by atoms with van der Waals surface area (Å²) in [6.07, 6.45) is -5.36. The molecule has 0 aliphatic heterocycles. The van der Waals surface area contributed by atoms with Crippen LogP contribution < -0.4 is 5.56 Å². The minimum absolute atomic E-state index is 0.0176. The standard InChI is InChI=1S/C36H38F4N4O2S/c1-3-42(4-2)20-21-43(22-25-8-12-27(13-9-25)28-14-16-29(17-15-28)36(38,39)40)33(45)23-44-32-7-5-6-31(32)34(46)41-35(44)47-24-26-10-18-30(37)19-11-26/h8-19H,3-7,20-24H2,1-2H3/i1D3,2D3,3D2,4D2,10D,11D,18D,19D,20D2,21D2,22D2,23D2,24D2. The van der Waals surface area contributed by atoms with Crippen LogP contribution in [0.1, 0.15) is 81.0 Å². The van der Waals surface area contributed by atoms with Crippen molar-refractivity contribution in [3.8, 4) is 11.1 Å². The van der Waals surface area contributed by atoms with Crippen LogP contribution in [0.3, 0.4) is 0 Å². The first-order valence-electron chi connectivity index (χ1n) is 25.4. The van der Waals surface area contributed by atoms with Crippen LogP contribution in [0.4, 0.5) is 17.6 Å². The van der Waals surface area contributed by atoms with Crippen LogP contribution in [0.5, 0.6) is 0 Å². The average molecular weight is 691 g/mol. The number of fused-ring (bicyclic) bond motifs is 1. The molecule has 4 aromatic rings. The number of likely N-dealkylation sites (N-methyl/N-ethyl adjacent to an activating group) is 1. The van der Waals surface area contributed by atoms with Crippen molar-refractivity contribution in [1.82, 2.24) is 19.4 Å². The molecule has 47 heavy (non-hydrogen) atoms. The van der Waals surface area contributed by atoms with Crippen LogP contribution in [-0.2, 0) is 42.5 Å². The quantitative estimate of drug-likeness (QED) is 0.0843. The van der Waals surface area contributed by atoms with Gasteiger partial charge in [0.15, 0.2) is 5.16 Å². The summed E-state index contributed by atoms with van der Waals surface area (Å²) in [6.45, 7) is -35.9. The Morgan fingerprint density at radius 2 is 1.64 bits per heavy atom. The molecule has 0 radical (unpaired) electrons. The Kier molecular flexibility index (Phi) is 4.91. The Morgan fingerprint density at radius 3 is 2.28 bits per heavy atom. The van der Waals surface area contributed by atoms with Crippen LogP contribution in [0, 0.1) is 5.82 Å². The second-order valence-corrected chi connectivity index (χ2v) is 10.3. The lowest BCUT2D eigenvalue weighted by molar-refractivity contribution is -0.137. The van der Waals surface area contributed by atoms with Gasteiger partial charge in [-0.2, -0.15) is 18.2 Å². The fraction of sp³-hybridized carbons (Fsp3) is 0.361. The van der Waals surface area contributed by atoms with Crippen molar-refractivity contribution in [2.75, 3.05) is 26.0 Å². The summed E-state index contributed by atoms with van der Waals surface area (Å²) < 4.78 is 259. The number of hydrogen-bond donors (Lipinski definition) is 0.